The summed E-state index contributed by atoms with van der Waals surface area (Å²) < 4.78 is 2.25. The van der Waals surface area contributed by atoms with Crippen molar-refractivity contribution in [2.24, 2.45) is 0 Å². The van der Waals surface area contributed by atoms with Gasteiger partial charge in [0.15, 0.2) is 10.6 Å². The van der Waals surface area contributed by atoms with Gasteiger partial charge in [-0.05, 0) is 39.0 Å². The van der Waals surface area contributed by atoms with Crippen molar-refractivity contribution in [2.75, 3.05) is 27.2 Å². The van der Waals surface area contributed by atoms with Crippen LogP contribution >= 0.6 is 12.2 Å². The van der Waals surface area contributed by atoms with Crippen LogP contribution < -0.4 is 0 Å². The number of amides is 1. The summed E-state index contributed by atoms with van der Waals surface area (Å²) >= 11 is 5.36. The minimum atomic E-state index is 0.0444. The first-order valence-electron chi connectivity index (χ1n) is 10.1. The molecule has 6 nitrogen and oxygen atoms in total. The molecular weight excluding hydrogens is 370 g/mol. The minimum Gasteiger partial charge on any atom is -0.343 e. The molecule has 0 aliphatic heterocycles. The summed E-state index contributed by atoms with van der Waals surface area (Å²) in [4.78, 5) is 17.0. The molecule has 0 bridgehead atoms. The number of hydrogen-bond acceptors (Lipinski definition) is 4. The lowest BCUT2D eigenvalue weighted by molar-refractivity contribution is -0.130. The van der Waals surface area contributed by atoms with Crippen molar-refractivity contribution < 1.29 is 4.79 Å². The van der Waals surface area contributed by atoms with Crippen molar-refractivity contribution in [1.82, 2.24) is 24.6 Å². The van der Waals surface area contributed by atoms with Gasteiger partial charge in [0, 0.05) is 31.7 Å². The Morgan fingerprint density at radius 3 is 2.54 bits per heavy atom. The highest BCUT2D eigenvalue weighted by Gasteiger charge is 2.19. The SMILES string of the molecule is Cc1ccc(-c2n[nH]c(=S)n2CC(=O)N(C)CCN(C)C2CCCCC2)cc1. The van der Waals surface area contributed by atoms with Crippen molar-refractivity contribution in [2.45, 2.75) is 51.6 Å². The van der Waals surface area contributed by atoms with E-state index in [-0.39, 0.29) is 12.5 Å². The first-order valence-corrected chi connectivity index (χ1v) is 10.5. The predicted octanol–water partition coefficient (Wildman–Crippen LogP) is 3.64. The fraction of sp³-hybridized carbons (Fsp3) is 0.571. The Labute approximate surface area is 172 Å². The van der Waals surface area contributed by atoms with E-state index in [1.807, 2.05) is 38.2 Å². The van der Waals surface area contributed by atoms with Crippen LogP contribution in [-0.4, -0.2) is 63.7 Å². The summed E-state index contributed by atoms with van der Waals surface area (Å²) in [6, 6.07) is 8.74. The van der Waals surface area contributed by atoms with Crippen LogP contribution in [0.4, 0.5) is 0 Å². The highest BCUT2D eigenvalue weighted by atomic mass is 32.1. The van der Waals surface area contributed by atoms with Crippen LogP contribution in [0.15, 0.2) is 24.3 Å². The molecule has 0 spiro atoms. The van der Waals surface area contributed by atoms with Crippen molar-refractivity contribution in [3.05, 3.63) is 34.6 Å². The average Bonchev–Trinajstić information content (AvgIpc) is 3.07. The van der Waals surface area contributed by atoms with E-state index in [1.165, 1.54) is 37.7 Å². The maximum Gasteiger partial charge on any atom is 0.242 e. The summed E-state index contributed by atoms with van der Waals surface area (Å²) in [5.41, 5.74) is 2.13. The third-order valence-corrected chi connectivity index (χ3v) is 6.08. The van der Waals surface area contributed by atoms with Gasteiger partial charge in [0.1, 0.15) is 6.54 Å². The molecule has 1 aliphatic carbocycles. The molecule has 3 rings (SSSR count). The average molecular weight is 402 g/mol. The van der Waals surface area contributed by atoms with E-state index in [0.29, 0.717) is 16.6 Å². The van der Waals surface area contributed by atoms with E-state index >= 15 is 0 Å². The summed E-state index contributed by atoms with van der Waals surface area (Å²) in [6.07, 6.45) is 6.56. The molecule has 0 radical (unpaired) electrons. The fourth-order valence-corrected chi connectivity index (χ4v) is 3.98. The number of carbonyl (C=O) groups excluding carboxylic acids is 1. The van der Waals surface area contributed by atoms with Gasteiger partial charge in [0.2, 0.25) is 5.91 Å². The third-order valence-electron chi connectivity index (χ3n) is 5.77. The second kappa shape index (κ2) is 9.47. The zero-order valence-electron chi connectivity index (χ0n) is 17.1. The van der Waals surface area contributed by atoms with Crippen LogP contribution in [0.2, 0.25) is 0 Å². The molecule has 1 aromatic heterocycles. The third kappa shape index (κ3) is 5.08. The molecule has 152 valence electrons. The topological polar surface area (TPSA) is 57.2 Å². The summed E-state index contributed by atoms with van der Waals surface area (Å²) in [5.74, 6) is 0.744. The van der Waals surface area contributed by atoms with Gasteiger partial charge in [0.05, 0.1) is 0 Å². The number of aromatic amines is 1. The van der Waals surface area contributed by atoms with Gasteiger partial charge in [-0.25, -0.2) is 0 Å². The number of benzene rings is 1. The molecule has 1 amide bonds. The maximum absolute atomic E-state index is 12.8. The molecule has 1 aliphatic rings. The van der Waals surface area contributed by atoms with Crippen LogP contribution in [0.1, 0.15) is 37.7 Å². The van der Waals surface area contributed by atoms with Gasteiger partial charge < -0.3 is 9.80 Å². The van der Waals surface area contributed by atoms with Gasteiger partial charge >= 0.3 is 0 Å². The number of aryl methyl sites for hydroxylation is 1. The van der Waals surface area contributed by atoms with E-state index in [2.05, 4.69) is 22.1 Å². The molecule has 1 aromatic carbocycles. The van der Waals surface area contributed by atoms with Gasteiger partial charge in [0.25, 0.3) is 0 Å². The van der Waals surface area contributed by atoms with Crippen molar-refractivity contribution in [3.63, 3.8) is 0 Å². The highest BCUT2D eigenvalue weighted by Crippen LogP contribution is 2.21. The Bertz CT molecular complexity index is 835. The molecule has 0 saturated heterocycles. The Morgan fingerprint density at radius 2 is 1.86 bits per heavy atom. The predicted molar refractivity (Wildman–Crippen MR) is 115 cm³/mol. The number of hydrogen-bond donors (Lipinski definition) is 1. The normalized spacial score (nSPS) is 15.1. The number of nitrogens with zero attached hydrogens (tertiary/aromatic N) is 4. The van der Waals surface area contributed by atoms with E-state index in [1.54, 1.807) is 9.47 Å². The lowest BCUT2D eigenvalue weighted by Crippen LogP contribution is -2.41. The monoisotopic (exact) mass is 401 g/mol. The molecule has 1 heterocycles. The summed E-state index contributed by atoms with van der Waals surface area (Å²) in [7, 11) is 4.04. The minimum absolute atomic E-state index is 0.0444. The van der Waals surface area contributed by atoms with Gasteiger partial charge in [-0.1, -0.05) is 49.1 Å². The molecule has 7 heteroatoms. The summed E-state index contributed by atoms with van der Waals surface area (Å²) in [5, 5.41) is 7.15. The second-order valence-electron chi connectivity index (χ2n) is 7.89. The number of H-pyrrole nitrogens is 1. The lowest BCUT2D eigenvalue weighted by Gasteiger charge is -2.32. The van der Waals surface area contributed by atoms with Crippen LogP contribution in [0, 0.1) is 11.7 Å². The van der Waals surface area contributed by atoms with Crippen LogP contribution in [0.5, 0.6) is 0 Å². The number of likely N-dealkylation sites (N-methyl/N-ethyl adjacent to an activating group) is 2. The van der Waals surface area contributed by atoms with Crippen LogP contribution in [0.3, 0.4) is 0 Å². The molecule has 0 unspecified atom stereocenters. The molecule has 2 aromatic rings. The molecule has 1 fully saturated rings. The molecular formula is C21H31N5OS. The van der Waals surface area contributed by atoms with E-state index in [0.717, 1.165) is 18.7 Å². The van der Waals surface area contributed by atoms with Crippen molar-refractivity contribution >= 4 is 18.1 Å². The number of carbonyl (C=O) groups is 1. The van der Waals surface area contributed by atoms with Gasteiger partial charge in [-0.3, -0.25) is 14.5 Å². The van der Waals surface area contributed by atoms with Gasteiger partial charge in [-0.15, -0.1) is 0 Å². The Morgan fingerprint density at radius 1 is 1.18 bits per heavy atom. The standard InChI is InChI=1S/C21H31N5OS/c1-16-9-11-17(12-10-16)20-22-23-21(28)26(20)15-19(27)25(3)14-13-24(2)18-7-5-4-6-8-18/h9-12,18H,4-8,13-15H2,1-3H3,(H,23,28). The van der Waals surface area contributed by atoms with Crippen molar-refractivity contribution in [3.8, 4) is 11.4 Å². The molecule has 0 atom stereocenters. The number of rotatable bonds is 7. The first-order chi connectivity index (χ1) is 13.5. The smallest absolute Gasteiger partial charge is 0.242 e. The van der Waals surface area contributed by atoms with Crippen molar-refractivity contribution in [1.29, 1.82) is 0 Å². The molecule has 1 N–H and O–H groups in total. The highest BCUT2D eigenvalue weighted by molar-refractivity contribution is 7.71. The van der Waals surface area contributed by atoms with E-state index in [9.17, 15) is 4.79 Å². The zero-order valence-corrected chi connectivity index (χ0v) is 18.0. The lowest BCUT2D eigenvalue weighted by atomic mass is 9.94. The Hall–Kier alpha value is -1.99. The van der Waals surface area contributed by atoms with E-state index in [4.69, 9.17) is 12.2 Å². The van der Waals surface area contributed by atoms with Crippen LogP contribution in [0.25, 0.3) is 11.4 Å². The first kappa shape index (κ1) is 20.7. The quantitative estimate of drug-likeness (QED) is 0.720. The molecule has 1 saturated carbocycles. The molecule has 28 heavy (non-hydrogen) atoms. The zero-order chi connectivity index (χ0) is 20.1. The number of aromatic nitrogens is 3. The van der Waals surface area contributed by atoms with Crippen LogP contribution in [-0.2, 0) is 11.3 Å². The fourth-order valence-electron chi connectivity index (χ4n) is 3.78. The van der Waals surface area contributed by atoms with E-state index < -0.39 is 0 Å². The summed E-state index contributed by atoms with van der Waals surface area (Å²) in [6.45, 7) is 3.86. The largest absolute Gasteiger partial charge is 0.343 e. The number of nitrogens with one attached hydrogen (secondary N) is 1. The second-order valence-corrected chi connectivity index (χ2v) is 8.28. The maximum atomic E-state index is 12.8. The Kier molecular flexibility index (Phi) is 7.02. The Balaban J connectivity index is 1.60. The van der Waals surface area contributed by atoms with Gasteiger partial charge in [-0.2, -0.15) is 5.10 Å².